The van der Waals surface area contributed by atoms with E-state index in [4.69, 9.17) is 8.83 Å². The predicted molar refractivity (Wildman–Crippen MR) is 347 cm³/mol. The highest BCUT2D eigenvalue weighted by Gasteiger charge is 2.49. The number of para-hydroxylation sites is 4. The van der Waals surface area contributed by atoms with Crippen molar-refractivity contribution in [1.29, 1.82) is 0 Å². The minimum absolute atomic E-state index is 0.0814. The number of rotatable bonds is 5. The lowest BCUT2D eigenvalue weighted by Gasteiger charge is -2.32. The number of hydrogen-bond donors (Lipinski definition) is 0. The second-order valence-corrected chi connectivity index (χ2v) is 26.4. The van der Waals surface area contributed by atoms with Crippen LogP contribution in [-0.2, 0) is 21.7 Å². The summed E-state index contributed by atoms with van der Waals surface area (Å²) in [5, 5.41) is 7.14. The van der Waals surface area contributed by atoms with E-state index >= 15 is 0 Å². The average molecular weight is 1070 g/mol. The Bertz CT molecular complexity index is 5160. The largest absolute Gasteiger partial charge is 0.455 e. The maximum Gasteiger partial charge on any atom is 0.144 e. The van der Waals surface area contributed by atoms with Gasteiger partial charge in [-0.25, -0.2) is 0 Å². The minimum atomic E-state index is -0.389. The van der Waals surface area contributed by atoms with Crippen LogP contribution >= 0.6 is 0 Å². The lowest BCUT2D eigenvalue weighted by molar-refractivity contribution is 0.591. The van der Waals surface area contributed by atoms with Crippen LogP contribution in [0.1, 0.15) is 101 Å². The summed E-state index contributed by atoms with van der Waals surface area (Å²) in [5.74, 6) is 0. The molecule has 0 radical (unpaired) electrons. The second-order valence-electron chi connectivity index (χ2n) is 26.4. The second kappa shape index (κ2) is 16.4. The fourth-order valence-corrected chi connectivity index (χ4v) is 15.9. The summed E-state index contributed by atoms with van der Waals surface area (Å²) in [7, 11) is 0. The number of nitrogens with zero attached hydrogens (tertiary/aromatic N) is 2. The van der Waals surface area contributed by atoms with Crippen molar-refractivity contribution in [3.63, 3.8) is 0 Å². The van der Waals surface area contributed by atoms with Gasteiger partial charge in [0.1, 0.15) is 22.3 Å². The zero-order valence-corrected chi connectivity index (χ0v) is 48.4. The zero-order chi connectivity index (χ0) is 56.2. The molecule has 83 heavy (non-hydrogen) atoms. The summed E-state index contributed by atoms with van der Waals surface area (Å²) in [6, 6.07) is 79.0. The number of aromatic nitrogens is 1. The van der Waals surface area contributed by atoms with E-state index in [0.29, 0.717) is 0 Å². The Morgan fingerprint density at radius 1 is 0.361 bits per heavy atom. The first-order valence-electron chi connectivity index (χ1n) is 29.5. The molecule has 0 fully saturated rings. The number of hydrogen-bond acceptors (Lipinski definition) is 3. The van der Waals surface area contributed by atoms with Crippen LogP contribution < -0.4 is 4.90 Å². The summed E-state index contributed by atoms with van der Waals surface area (Å²) in [6.07, 6.45) is 0. The molecule has 0 unspecified atom stereocenters. The van der Waals surface area contributed by atoms with Crippen molar-refractivity contribution in [2.45, 2.75) is 84.0 Å². The Hall–Kier alpha value is -9.38. The number of furan rings is 2. The van der Waals surface area contributed by atoms with Crippen molar-refractivity contribution in [2.24, 2.45) is 0 Å². The first-order chi connectivity index (χ1) is 40.1. The van der Waals surface area contributed by atoms with Gasteiger partial charge in [0.05, 0.1) is 11.0 Å². The van der Waals surface area contributed by atoms with Gasteiger partial charge in [0.25, 0.3) is 0 Å². The van der Waals surface area contributed by atoms with Gasteiger partial charge in [0.2, 0.25) is 0 Å². The maximum absolute atomic E-state index is 7.15. The lowest BCUT2D eigenvalue weighted by atomic mass is 9.72. The summed E-state index contributed by atoms with van der Waals surface area (Å²) in [6.45, 7) is 21.6. The molecule has 0 spiro atoms. The zero-order valence-electron chi connectivity index (χ0n) is 48.4. The van der Waals surface area contributed by atoms with E-state index in [0.717, 1.165) is 56.0 Å². The van der Waals surface area contributed by atoms with Gasteiger partial charge in [-0.15, -0.1) is 0 Å². The molecule has 3 aliphatic carbocycles. The first-order valence-corrected chi connectivity index (χ1v) is 29.5. The third kappa shape index (κ3) is 6.36. The standard InChI is InChI=1S/C79H62N2O2/c1-76(2,3)58-30-18-13-25-49(58)57-44-62-67(69-54-28-16-21-33-65(54)82-74(57)69)52-38-35-47(42-60(52)77(62,4)5)80(46-37-40-64-56(41-46)50-26-15-20-32-63(50)81(64)45-23-11-10-12-24-45)48-36-39-53-61(43-48)79(8,9)73-71(53)75-70(55-29-17-22-34-66(55)83-75)68-51-27-14-19-31-59(51)78(6,7)72(68)73/h10-44H,1-9H3. The molecule has 0 amide bonds. The predicted octanol–water partition coefficient (Wildman–Crippen LogP) is 21.9. The molecule has 14 aromatic rings. The highest BCUT2D eigenvalue weighted by molar-refractivity contribution is 6.22. The molecule has 4 nitrogen and oxygen atoms in total. The van der Waals surface area contributed by atoms with Crippen LogP contribution in [0.4, 0.5) is 17.1 Å². The first kappa shape index (κ1) is 48.3. The number of benzene rings is 11. The van der Waals surface area contributed by atoms with E-state index in [2.05, 4.69) is 284 Å². The van der Waals surface area contributed by atoms with Gasteiger partial charge < -0.3 is 18.3 Å². The van der Waals surface area contributed by atoms with Gasteiger partial charge in [0, 0.05) is 82.4 Å². The molecule has 11 aromatic carbocycles. The Labute approximate surface area is 483 Å². The van der Waals surface area contributed by atoms with Crippen LogP contribution in [0, 0.1) is 0 Å². The fraction of sp³-hybridized carbons (Fsp3) is 0.165. The summed E-state index contributed by atoms with van der Waals surface area (Å²) in [5.41, 5.74) is 28.8. The lowest BCUT2D eigenvalue weighted by Crippen LogP contribution is -2.24. The maximum atomic E-state index is 7.15. The normalized spacial score (nSPS) is 15.1. The van der Waals surface area contributed by atoms with Crippen LogP contribution in [-0.4, -0.2) is 4.57 Å². The van der Waals surface area contributed by atoms with Gasteiger partial charge in [-0.05, 0) is 157 Å². The SMILES string of the molecule is CC(C)(C)c1ccccc1-c1cc2c(c3c1oc1ccccc13)-c1ccc(N(c3ccc4c(c3)C(C)(C)c3c5c(c6c(oc7ccccc76)c3-4)-c3ccccc3C5(C)C)c3ccc4c(c3)c3ccccc3n4-c3ccccc3)cc1C2(C)C. The topological polar surface area (TPSA) is 34.5 Å². The molecule has 0 atom stereocenters. The highest BCUT2D eigenvalue weighted by atomic mass is 16.3. The summed E-state index contributed by atoms with van der Waals surface area (Å²) < 4.78 is 16.6. The van der Waals surface area contributed by atoms with Crippen LogP contribution in [0.5, 0.6) is 0 Å². The van der Waals surface area contributed by atoms with Crippen molar-refractivity contribution < 1.29 is 8.83 Å². The van der Waals surface area contributed by atoms with Gasteiger partial charge in [-0.3, -0.25) is 0 Å². The van der Waals surface area contributed by atoms with Crippen molar-refractivity contribution in [2.75, 3.05) is 4.90 Å². The monoisotopic (exact) mass is 1070 g/mol. The molecule has 17 rings (SSSR count). The fourth-order valence-electron chi connectivity index (χ4n) is 15.9. The Morgan fingerprint density at radius 3 is 1.58 bits per heavy atom. The molecule has 3 aromatic heterocycles. The van der Waals surface area contributed by atoms with E-state index < -0.39 is 0 Å². The van der Waals surface area contributed by atoms with Crippen LogP contribution in [0.2, 0.25) is 0 Å². The van der Waals surface area contributed by atoms with E-state index in [-0.39, 0.29) is 21.7 Å². The van der Waals surface area contributed by atoms with E-state index in [1.807, 2.05) is 0 Å². The molecule has 3 heterocycles. The van der Waals surface area contributed by atoms with Crippen LogP contribution in [0.25, 0.3) is 116 Å². The van der Waals surface area contributed by atoms with Crippen LogP contribution in [0.3, 0.4) is 0 Å². The minimum Gasteiger partial charge on any atom is -0.455 e. The Balaban J connectivity index is 0.912. The molecule has 4 heteroatoms. The van der Waals surface area contributed by atoms with Gasteiger partial charge in [-0.1, -0.05) is 196 Å². The quantitative estimate of drug-likeness (QED) is 0.172. The number of fused-ring (bicyclic) bond motifs is 22. The van der Waals surface area contributed by atoms with Gasteiger partial charge >= 0.3 is 0 Å². The van der Waals surface area contributed by atoms with Crippen molar-refractivity contribution in [3.8, 4) is 50.2 Å². The molecule has 3 aliphatic rings. The van der Waals surface area contributed by atoms with E-state index in [9.17, 15) is 0 Å². The molecular formula is C79H62N2O2. The molecule has 0 aliphatic heterocycles. The van der Waals surface area contributed by atoms with Crippen LogP contribution in [0.15, 0.2) is 221 Å². The molecule has 0 saturated heterocycles. The number of anilines is 3. The summed E-state index contributed by atoms with van der Waals surface area (Å²) in [4.78, 5) is 2.53. The summed E-state index contributed by atoms with van der Waals surface area (Å²) >= 11 is 0. The van der Waals surface area contributed by atoms with Crippen molar-refractivity contribution in [3.05, 3.63) is 251 Å². The molecule has 400 valence electrons. The Morgan fingerprint density at radius 2 is 0.867 bits per heavy atom. The van der Waals surface area contributed by atoms with Crippen molar-refractivity contribution in [1.82, 2.24) is 4.57 Å². The third-order valence-corrected chi connectivity index (χ3v) is 19.6. The molecule has 0 N–H and O–H groups in total. The van der Waals surface area contributed by atoms with Gasteiger partial charge in [0.15, 0.2) is 0 Å². The van der Waals surface area contributed by atoms with E-state index in [1.54, 1.807) is 0 Å². The smallest absolute Gasteiger partial charge is 0.144 e. The van der Waals surface area contributed by atoms with E-state index in [1.165, 1.54) is 116 Å². The molecular weight excluding hydrogens is 1010 g/mol. The van der Waals surface area contributed by atoms with Crippen molar-refractivity contribution >= 4 is 82.7 Å². The molecule has 0 saturated carbocycles. The highest BCUT2D eigenvalue weighted by Crippen LogP contribution is 2.64. The van der Waals surface area contributed by atoms with Gasteiger partial charge in [-0.2, -0.15) is 0 Å². The Kier molecular flexibility index (Phi) is 9.56. The molecule has 0 bridgehead atoms. The third-order valence-electron chi connectivity index (χ3n) is 19.6. The average Bonchev–Trinajstić information content (AvgIpc) is 1.66.